The maximum atomic E-state index is 13.1. The molecule has 172 valence electrons. The number of halogens is 4. The maximum Gasteiger partial charge on any atom is 0.419 e. The predicted octanol–water partition coefficient (Wildman–Crippen LogP) is 2.90. The van der Waals surface area contributed by atoms with E-state index in [1.165, 1.54) is 12.3 Å². The summed E-state index contributed by atoms with van der Waals surface area (Å²) in [6.45, 7) is 5.01. The minimum absolute atomic E-state index is 0. The van der Waals surface area contributed by atoms with Crippen LogP contribution in [-0.2, 0) is 18.0 Å². The van der Waals surface area contributed by atoms with E-state index in [-0.39, 0.29) is 42.4 Å². The van der Waals surface area contributed by atoms with E-state index in [9.17, 15) is 13.2 Å². The van der Waals surface area contributed by atoms with Crippen LogP contribution in [0.25, 0.3) is 0 Å². The molecule has 1 saturated heterocycles. The molecule has 0 amide bonds. The summed E-state index contributed by atoms with van der Waals surface area (Å²) in [5, 5.41) is 10.2. The Morgan fingerprint density at radius 1 is 1.39 bits per heavy atom. The van der Waals surface area contributed by atoms with Crippen LogP contribution in [0.4, 0.5) is 19.0 Å². The molecular weight excluding hydrogens is 526 g/mol. The molecule has 0 saturated carbocycles. The smallest absolute Gasteiger partial charge is 0.370 e. The van der Waals surface area contributed by atoms with Crippen LogP contribution in [0.5, 0.6) is 0 Å². The van der Waals surface area contributed by atoms with Gasteiger partial charge in [0.2, 0.25) is 0 Å². The number of aliphatic imine (C=N–C) groups is 1. The molecule has 0 bridgehead atoms. The molecule has 8 nitrogen and oxygen atoms in total. The van der Waals surface area contributed by atoms with Gasteiger partial charge in [-0.05, 0) is 19.1 Å². The van der Waals surface area contributed by atoms with Crippen molar-refractivity contribution in [3.05, 3.63) is 41.9 Å². The van der Waals surface area contributed by atoms with Gasteiger partial charge in [-0.15, -0.1) is 24.0 Å². The predicted molar refractivity (Wildman–Crippen MR) is 123 cm³/mol. The van der Waals surface area contributed by atoms with Gasteiger partial charge < -0.3 is 20.3 Å². The first kappa shape index (κ1) is 25.2. The van der Waals surface area contributed by atoms with E-state index in [0.29, 0.717) is 38.7 Å². The Balaban J connectivity index is 0.00000341. The fourth-order valence-corrected chi connectivity index (χ4v) is 3.19. The average Bonchev–Trinajstić information content (AvgIpc) is 3.16. The summed E-state index contributed by atoms with van der Waals surface area (Å²) in [5.74, 6) is 0.516. The summed E-state index contributed by atoms with van der Waals surface area (Å²) in [5.41, 5.74) is 0.211. The lowest BCUT2D eigenvalue weighted by Crippen LogP contribution is -2.48. The number of nitrogens with zero attached hydrogens (tertiary/aromatic N) is 5. The van der Waals surface area contributed by atoms with Gasteiger partial charge >= 0.3 is 6.18 Å². The molecule has 2 N–H and O–H groups in total. The topological polar surface area (TPSA) is 79.6 Å². The molecule has 0 radical (unpaired) electrons. The van der Waals surface area contributed by atoms with Gasteiger partial charge in [-0.2, -0.15) is 18.3 Å². The van der Waals surface area contributed by atoms with Crippen molar-refractivity contribution in [3.8, 4) is 0 Å². The van der Waals surface area contributed by atoms with Crippen molar-refractivity contribution in [1.29, 1.82) is 0 Å². The van der Waals surface area contributed by atoms with Crippen LogP contribution in [-0.4, -0.2) is 65.0 Å². The number of ether oxygens (including phenoxy) is 1. The highest BCUT2D eigenvalue weighted by Crippen LogP contribution is 2.33. The zero-order chi connectivity index (χ0) is 21.6. The standard InChI is InChI=1S/C19H26F3N7O.HI/c1-3-23-18(29-9-10-30-16(13-29)14-11-27-28(2)12-14)26-8-7-25-17-15(19(20,21)22)5-4-6-24-17;/h4-6,11-12,16H,3,7-10,13H2,1-2H3,(H,23,26)(H,24,25);1H. The highest BCUT2D eigenvalue weighted by atomic mass is 127. The quantitative estimate of drug-likeness (QED) is 0.248. The van der Waals surface area contributed by atoms with Crippen molar-refractivity contribution < 1.29 is 17.9 Å². The molecule has 0 aromatic carbocycles. The number of aromatic nitrogens is 3. The Kier molecular flexibility index (Phi) is 9.34. The summed E-state index contributed by atoms with van der Waals surface area (Å²) < 4.78 is 46.8. The molecular formula is C19H27F3IN7O. The van der Waals surface area contributed by atoms with E-state index in [1.807, 2.05) is 20.2 Å². The first-order valence-electron chi connectivity index (χ1n) is 9.78. The van der Waals surface area contributed by atoms with Gasteiger partial charge in [0.25, 0.3) is 0 Å². The number of hydrogen-bond acceptors (Lipinski definition) is 5. The number of rotatable bonds is 6. The van der Waals surface area contributed by atoms with E-state index in [2.05, 4.69) is 30.6 Å². The van der Waals surface area contributed by atoms with Crippen LogP contribution >= 0.6 is 24.0 Å². The number of aryl methyl sites for hydroxylation is 1. The molecule has 1 fully saturated rings. The molecule has 3 rings (SSSR count). The maximum absolute atomic E-state index is 13.1. The summed E-state index contributed by atoms with van der Waals surface area (Å²) in [6.07, 6.45) is 0.471. The minimum atomic E-state index is -4.45. The lowest BCUT2D eigenvalue weighted by molar-refractivity contribution is -0.137. The summed E-state index contributed by atoms with van der Waals surface area (Å²) in [4.78, 5) is 10.5. The van der Waals surface area contributed by atoms with E-state index < -0.39 is 11.7 Å². The zero-order valence-electron chi connectivity index (χ0n) is 17.4. The number of anilines is 1. The van der Waals surface area contributed by atoms with Crippen molar-refractivity contribution in [2.24, 2.45) is 12.0 Å². The van der Waals surface area contributed by atoms with E-state index >= 15 is 0 Å². The van der Waals surface area contributed by atoms with Gasteiger partial charge in [0.05, 0.1) is 31.5 Å². The van der Waals surface area contributed by atoms with Crippen LogP contribution < -0.4 is 10.6 Å². The van der Waals surface area contributed by atoms with Gasteiger partial charge in [0.15, 0.2) is 5.96 Å². The molecule has 3 heterocycles. The highest BCUT2D eigenvalue weighted by molar-refractivity contribution is 14.0. The van der Waals surface area contributed by atoms with Crippen molar-refractivity contribution in [2.45, 2.75) is 19.2 Å². The Hall–Kier alpha value is -2.09. The van der Waals surface area contributed by atoms with Crippen LogP contribution in [0.2, 0.25) is 0 Å². The number of pyridine rings is 1. The Bertz CT molecular complexity index is 859. The van der Waals surface area contributed by atoms with Crippen molar-refractivity contribution in [2.75, 3.05) is 44.6 Å². The monoisotopic (exact) mass is 553 g/mol. The van der Waals surface area contributed by atoms with Gasteiger partial charge in [0.1, 0.15) is 11.9 Å². The molecule has 31 heavy (non-hydrogen) atoms. The van der Waals surface area contributed by atoms with Crippen LogP contribution in [0, 0.1) is 0 Å². The molecule has 12 heteroatoms. The van der Waals surface area contributed by atoms with Gasteiger partial charge in [-0.1, -0.05) is 0 Å². The largest absolute Gasteiger partial charge is 0.419 e. The third kappa shape index (κ3) is 6.95. The second kappa shape index (κ2) is 11.5. The minimum Gasteiger partial charge on any atom is -0.370 e. The van der Waals surface area contributed by atoms with E-state index in [4.69, 9.17) is 4.74 Å². The Morgan fingerprint density at radius 3 is 2.87 bits per heavy atom. The molecule has 2 aromatic rings. The van der Waals surface area contributed by atoms with Crippen molar-refractivity contribution >= 4 is 35.8 Å². The molecule has 0 spiro atoms. The molecule has 1 unspecified atom stereocenters. The summed E-state index contributed by atoms with van der Waals surface area (Å²) in [7, 11) is 1.86. The second-order valence-corrected chi connectivity index (χ2v) is 6.81. The van der Waals surface area contributed by atoms with Crippen LogP contribution in [0.3, 0.4) is 0 Å². The van der Waals surface area contributed by atoms with E-state index in [1.54, 1.807) is 10.9 Å². The highest BCUT2D eigenvalue weighted by Gasteiger charge is 2.34. The second-order valence-electron chi connectivity index (χ2n) is 6.81. The fraction of sp³-hybridized carbons (Fsp3) is 0.526. The number of hydrogen-bond donors (Lipinski definition) is 2. The lowest BCUT2D eigenvalue weighted by atomic mass is 10.1. The fourth-order valence-electron chi connectivity index (χ4n) is 3.19. The third-order valence-corrected chi connectivity index (χ3v) is 4.58. The average molecular weight is 553 g/mol. The van der Waals surface area contributed by atoms with Gasteiger partial charge in [-0.3, -0.25) is 9.67 Å². The van der Waals surface area contributed by atoms with Crippen LogP contribution in [0.15, 0.2) is 35.7 Å². The summed E-state index contributed by atoms with van der Waals surface area (Å²) >= 11 is 0. The van der Waals surface area contributed by atoms with Crippen molar-refractivity contribution in [1.82, 2.24) is 25.0 Å². The number of alkyl halides is 3. The first-order chi connectivity index (χ1) is 14.4. The SMILES string of the molecule is CCNC(=NCCNc1ncccc1C(F)(F)F)N1CCOC(c2cnn(C)c2)C1.I. The normalized spacial score (nSPS) is 17.3. The molecule has 2 aromatic heterocycles. The number of nitrogens with one attached hydrogen (secondary N) is 2. The molecule has 0 aliphatic carbocycles. The van der Waals surface area contributed by atoms with Crippen molar-refractivity contribution in [3.63, 3.8) is 0 Å². The summed E-state index contributed by atoms with van der Waals surface area (Å²) in [6, 6.07) is 2.28. The zero-order valence-corrected chi connectivity index (χ0v) is 19.7. The number of morpholine rings is 1. The van der Waals surface area contributed by atoms with Crippen LogP contribution in [0.1, 0.15) is 24.2 Å². The van der Waals surface area contributed by atoms with Gasteiger partial charge in [0, 0.05) is 44.6 Å². The third-order valence-electron chi connectivity index (χ3n) is 4.58. The molecule has 1 aliphatic rings. The van der Waals surface area contributed by atoms with E-state index in [0.717, 1.165) is 11.6 Å². The number of guanidine groups is 1. The lowest BCUT2D eigenvalue weighted by Gasteiger charge is -2.34. The first-order valence-corrected chi connectivity index (χ1v) is 9.78. The molecule has 1 atom stereocenters. The molecule has 1 aliphatic heterocycles. The van der Waals surface area contributed by atoms with Gasteiger partial charge in [-0.25, -0.2) is 4.98 Å². The Morgan fingerprint density at radius 2 is 2.19 bits per heavy atom. The Labute approximate surface area is 196 Å².